The first-order valence-electron chi connectivity index (χ1n) is 4.71. The van der Waals surface area contributed by atoms with Crippen LogP contribution in [0.5, 0.6) is 5.75 Å². The minimum absolute atomic E-state index is 0.0183. The first-order valence-corrected chi connectivity index (χ1v) is 4.71. The zero-order chi connectivity index (χ0) is 12.3. The number of phenols is 1. The smallest absolute Gasteiger partial charge is 0.259 e. The highest BCUT2D eigenvalue weighted by molar-refractivity contribution is 6.05. The lowest BCUT2D eigenvalue weighted by Crippen LogP contribution is -2.12. The predicted octanol–water partition coefficient (Wildman–Crippen LogP) is 1.57. The Hall–Kier alpha value is -2.50. The number of phenolic OH excluding ortho intramolecular Hbond substituents is 1. The van der Waals surface area contributed by atoms with Gasteiger partial charge >= 0.3 is 0 Å². The summed E-state index contributed by atoms with van der Waals surface area (Å²) >= 11 is 0. The molecule has 2 rings (SSSR count). The van der Waals surface area contributed by atoms with Gasteiger partial charge in [0.05, 0.1) is 23.6 Å². The average Bonchev–Trinajstić information content (AvgIpc) is 2.30. The standard InChI is InChI=1S/C11H8FN3O2/c12-7-1-2-9(10(16)3-7)11(17)15-8-4-13-6-14-5-8/h1-6,16H,(H,15,17). The Kier molecular flexibility index (Phi) is 2.95. The lowest BCUT2D eigenvalue weighted by Gasteiger charge is -2.05. The van der Waals surface area contributed by atoms with Gasteiger partial charge in [0.15, 0.2) is 0 Å². The minimum atomic E-state index is -0.609. The number of hydrogen-bond donors (Lipinski definition) is 2. The Bertz CT molecular complexity index is 546. The number of nitrogens with zero attached hydrogens (tertiary/aromatic N) is 2. The van der Waals surface area contributed by atoms with Crippen LogP contribution in [0, 0.1) is 5.82 Å². The van der Waals surface area contributed by atoms with Crippen LogP contribution in [0.25, 0.3) is 0 Å². The van der Waals surface area contributed by atoms with E-state index in [0.29, 0.717) is 5.69 Å². The summed E-state index contributed by atoms with van der Waals surface area (Å²) in [4.78, 5) is 19.1. The Balaban J connectivity index is 2.21. The van der Waals surface area contributed by atoms with Crippen molar-refractivity contribution in [1.29, 1.82) is 0 Å². The maximum Gasteiger partial charge on any atom is 0.259 e. The molecule has 2 N–H and O–H groups in total. The molecule has 1 aromatic carbocycles. The second-order valence-electron chi connectivity index (χ2n) is 3.24. The molecule has 17 heavy (non-hydrogen) atoms. The van der Waals surface area contributed by atoms with E-state index in [1.165, 1.54) is 24.8 Å². The molecule has 6 heteroatoms. The molecule has 5 nitrogen and oxygen atoms in total. The van der Waals surface area contributed by atoms with Crippen LogP contribution in [-0.2, 0) is 0 Å². The fourth-order valence-corrected chi connectivity index (χ4v) is 1.26. The van der Waals surface area contributed by atoms with Crippen molar-refractivity contribution < 1.29 is 14.3 Å². The Morgan fingerprint density at radius 2 is 2.00 bits per heavy atom. The molecule has 2 aromatic rings. The van der Waals surface area contributed by atoms with Gasteiger partial charge in [-0.25, -0.2) is 14.4 Å². The van der Waals surface area contributed by atoms with Gasteiger partial charge in [-0.3, -0.25) is 4.79 Å². The highest BCUT2D eigenvalue weighted by Gasteiger charge is 2.11. The predicted molar refractivity (Wildman–Crippen MR) is 58.1 cm³/mol. The van der Waals surface area contributed by atoms with Crippen molar-refractivity contribution in [3.8, 4) is 5.75 Å². The van der Waals surface area contributed by atoms with Gasteiger partial charge in [0, 0.05) is 6.07 Å². The van der Waals surface area contributed by atoms with Gasteiger partial charge in [0.2, 0.25) is 0 Å². The van der Waals surface area contributed by atoms with E-state index in [9.17, 15) is 14.3 Å². The molecule has 0 aliphatic heterocycles. The minimum Gasteiger partial charge on any atom is -0.507 e. The van der Waals surface area contributed by atoms with Crippen molar-refractivity contribution in [2.75, 3.05) is 5.32 Å². The molecule has 0 unspecified atom stereocenters. The molecule has 0 spiro atoms. The molecule has 86 valence electrons. The average molecular weight is 233 g/mol. The van der Waals surface area contributed by atoms with Crippen molar-refractivity contribution in [2.45, 2.75) is 0 Å². The van der Waals surface area contributed by atoms with Gasteiger partial charge in [0.25, 0.3) is 5.91 Å². The number of hydrogen-bond acceptors (Lipinski definition) is 4. The summed E-state index contributed by atoms with van der Waals surface area (Å²) < 4.78 is 12.7. The fraction of sp³-hybridized carbons (Fsp3) is 0. The summed E-state index contributed by atoms with van der Waals surface area (Å²) in [6.07, 6.45) is 4.14. The summed E-state index contributed by atoms with van der Waals surface area (Å²) in [6, 6.07) is 3.16. The first-order chi connectivity index (χ1) is 8.16. The van der Waals surface area contributed by atoms with Crippen LogP contribution < -0.4 is 5.32 Å². The fourth-order valence-electron chi connectivity index (χ4n) is 1.26. The molecule has 0 fully saturated rings. The molecule has 0 aliphatic carbocycles. The van der Waals surface area contributed by atoms with E-state index in [2.05, 4.69) is 15.3 Å². The Labute approximate surface area is 96.0 Å². The molecule has 0 radical (unpaired) electrons. The quantitative estimate of drug-likeness (QED) is 0.825. The molecule has 0 bridgehead atoms. The molecule has 0 saturated heterocycles. The number of carbonyl (C=O) groups excluding carboxylic acids is 1. The van der Waals surface area contributed by atoms with Crippen molar-refractivity contribution in [3.63, 3.8) is 0 Å². The number of rotatable bonds is 2. The maximum atomic E-state index is 12.7. The molecular weight excluding hydrogens is 225 g/mol. The maximum absolute atomic E-state index is 12.7. The van der Waals surface area contributed by atoms with Gasteiger partial charge < -0.3 is 10.4 Å². The van der Waals surface area contributed by atoms with Crippen LogP contribution in [0.4, 0.5) is 10.1 Å². The number of amides is 1. The van der Waals surface area contributed by atoms with Gasteiger partial charge in [-0.15, -0.1) is 0 Å². The van der Waals surface area contributed by atoms with Crippen LogP contribution in [0.15, 0.2) is 36.9 Å². The van der Waals surface area contributed by atoms with Crippen molar-refractivity contribution in [2.24, 2.45) is 0 Å². The van der Waals surface area contributed by atoms with Gasteiger partial charge in [-0.2, -0.15) is 0 Å². The monoisotopic (exact) mass is 233 g/mol. The Morgan fingerprint density at radius 3 is 2.65 bits per heavy atom. The van der Waals surface area contributed by atoms with Crippen molar-refractivity contribution in [1.82, 2.24) is 9.97 Å². The van der Waals surface area contributed by atoms with Crippen molar-refractivity contribution in [3.05, 3.63) is 48.3 Å². The number of anilines is 1. The SMILES string of the molecule is O=C(Nc1cncnc1)c1ccc(F)cc1O. The highest BCUT2D eigenvalue weighted by atomic mass is 19.1. The third-order valence-corrected chi connectivity index (χ3v) is 2.02. The van der Waals surface area contributed by atoms with Crippen LogP contribution in [0.3, 0.4) is 0 Å². The number of benzene rings is 1. The number of nitrogens with one attached hydrogen (secondary N) is 1. The Morgan fingerprint density at radius 1 is 1.29 bits per heavy atom. The zero-order valence-corrected chi connectivity index (χ0v) is 8.59. The lowest BCUT2D eigenvalue weighted by molar-refractivity contribution is 0.102. The number of aromatic hydroxyl groups is 1. The molecule has 0 aliphatic rings. The highest BCUT2D eigenvalue weighted by Crippen LogP contribution is 2.19. The lowest BCUT2D eigenvalue weighted by atomic mass is 10.2. The molecule has 1 amide bonds. The molecule has 0 atom stereocenters. The third kappa shape index (κ3) is 2.54. The van der Waals surface area contributed by atoms with E-state index in [-0.39, 0.29) is 5.56 Å². The van der Waals surface area contributed by atoms with Crippen LogP contribution in [-0.4, -0.2) is 21.0 Å². The van der Waals surface area contributed by atoms with Gasteiger partial charge in [-0.1, -0.05) is 0 Å². The second-order valence-corrected chi connectivity index (χ2v) is 3.24. The molecule has 1 heterocycles. The number of carbonyl (C=O) groups is 1. The van der Waals surface area contributed by atoms with E-state index in [1.54, 1.807) is 0 Å². The number of halogens is 1. The largest absolute Gasteiger partial charge is 0.507 e. The summed E-state index contributed by atoms with van der Waals surface area (Å²) in [6.45, 7) is 0. The van der Waals surface area contributed by atoms with E-state index in [0.717, 1.165) is 12.1 Å². The zero-order valence-electron chi connectivity index (χ0n) is 8.59. The summed E-state index contributed by atoms with van der Waals surface area (Å²) in [5.74, 6) is -1.58. The summed E-state index contributed by atoms with van der Waals surface area (Å²) in [7, 11) is 0. The van der Waals surface area contributed by atoms with Gasteiger partial charge in [0.1, 0.15) is 17.9 Å². The van der Waals surface area contributed by atoms with Gasteiger partial charge in [-0.05, 0) is 12.1 Å². The van der Waals surface area contributed by atoms with E-state index in [4.69, 9.17) is 0 Å². The molecular formula is C11H8FN3O2. The van der Waals surface area contributed by atoms with Crippen LogP contribution in [0.2, 0.25) is 0 Å². The molecule has 0 saturated carbocycles. The third-order valence-electron chi connectivity index (χ3n) is 2.02. The van der Waals surface area contributed by atoms with Crippen LogP contribution in [0.1, 0.15) is 10.4 Å². The van der Waals surface area contributed by atoms with E-state index in [1.807, 2.05) is 0 Å². The first kappa shape index (κ1) is 11.0. The van der Waals surface area contributed by atoms with Crippen molar-refractivity contribution >= 4 is 11.6 Å². The topological polar surface area (TPSA) is 75.1 Å². The van der Waals surface area contributed by atoms with E-state index >= 15 is 0 Å². The van der Waals surface area contributed by atoms with Crippen LogP contribution >= 0.6 is 0 Å². The molecule has 1 aromatic heterocycles. The summed E-state index contributed by atoms with van der Waals surface area (Å²) in [5.41, 5.74) is 0.372. The normalized spacial score (nSPS) is 9.94. The number of aromatic nitrogens is 2. The summed E-state index contributed by atoms with van der Waals surface area (Å²) in [5, 5.41) is 11.9. The second kappa shape index (κ2) is 4.56. The van der Waals surface area contributed by atoms with E-state index < -0.39 is 17.5 Å².